The molecular weight excluding hydrogens is 867 g/mol. The monoisotopic (exact) mass is 923 g/mol. The van der Waals surface area contributed by atoms with Crippen LogP contribution in [0.3, 0.4) is 0 Å². The lowest BCUT2D eigenvalue weighted by molar-refractivity contribution is -0.150. The number of rotatable bonds is 19. The number of nitrogens with zero attached hydrogens (tertiary/aromatic N) is 2. The van der Waals surface area contributed by atoms with Crippen molar-refractivity contribution in [3.05, 3.63) is 223 Å². The van der Waals surface area contributed by atoms with E-state index in [4.69, 9.17) is 4.74 Å². The van der Waals surface area contributed by atoms with Gasteiger partial charge in [0.05, 0.1) is 18.2 Å². The molecule has 352 valence electrons. The number of piperidine rings is 1. The molecule has 5 N–H and O–H groups in total. The number of carbonyl (C=O) groups excluding carboxylic acids is 2. The summed E-state index contributed by atoms with van der Waals surface area (Å²) in [6.07, 6.45) is 2.90. The van der Waals surface area contributed by atoms with Crippen LogP contribution in [-0.4, -0.2) is 58.2 Å². The second-order valence-corrected chi connectivity index (χ2v) is 18.5. The molecule has 1 amide bonds. The summed E-state index contributed by atoms with van der Waals surface area (Å²) in [5, 5.41) is 31.4. The minimum atomic E-state index is -1.81. The van der Waals surface area contributed by atoms with E-state index < -0.39 is 17.6 Å². The number of aromatic hydroxyl groups is 1. The van der Waals surface area contributed by atoms with Crippen molar-refractivity contribution >= 4 is 22.8 Å². The summed E-state index contributed by atoms with van der Waals surface area (Å²) in [6, 6.07) is 48.9. The summed E-state index contributed by atoms with van der Waals surface area (Å²) in [5.41, 5.74) is 5.86. The molecule has 6 aromatic carbocycles. The lowest BCUT2D eigenvalue weighted by Crippen LogP contribution is -2.39. The zero-order chi connectivity index (χ0) is 47.7. The predicted molar refractivity (Wildman–Crippen MR) is 266 cm³/mol. The number of nitroso groups, excluding NO2 is 1. The predicted octanol–water partition coefficient (Wildman–Crippen LogP) is 8.80. The van der Waals surface area contributed by atoms with E-state index in [0.717, 1.165) is 62.0 Å². The van der Waals surface area contributed by atoms with Crippen LogP contribution in [-0.2, 0) is 41.1 Å². The van der Waals surface area contributed by atoms with E-state index >= 15 is 0 Å². The number of pyridine rings is 1. The van der Waals surface area contributed by atoms with E-state index in [9.17, 15) is 29.5 Å². The minimum absolute atomic E-state index is 0.0592. The average Bonchev–Trinajstić information content (AvgIpc) is 4.16. The molecule has 0 spiro atoms. The maximum absolute atomic E-state index is 14.1. The van der Waals surface area contributed by atoms with E-state index in [0.29, 0.717) is 52.6 Å². The van der Waals surface area contributed by atoms with Crippen LogP contribution >= 0.6 is 0 Å². The largest absolute Gasteiger partial charge is 0.506 e. The van der Waals surface area contributed by atoms with E-state index in [-0.39, 0.29) is 41.8 Å². The van der Waals surface area contributed by atoms with Gasteiger partial charge in [0, 0.05) is 43.2 Å². The van der Waals surface area contributed by atoms with Gasteiger partial charge in [0.15, 0.2) is 0 Å². The molecule has 12 heteroatoms. The quantitative estimate of drug-likeness (QED) is 0.0393. The van der Waals surface area contributed by atoms with Gasteiger partial charge in [-0.25, -0.2) is 4.79 Å². The van der Waals surface area contributed by atoms with Crippen molar-refractivity contribution in [2.45, 2.75) is 62.9 Å². The van der Waals surface area contributed by atoms with Crippen LogP contribution in [0.4, 0.5) is 0 Å². The van der Waals surface area contributed by atoms with E-state index in [1.54, 1.807) is 36.4 Å². The Kier molecular flexibility index (Phi) is 14.5. The first-order chi connectivity index (χ1) is 33.7. The molecule has 1 aliphatic heterocycles. The number of phenols is 1. The van der Waals surface area contributed by atoms with Gasteiger partial charge in [0.25, 0.3) is 5.91 Å². The number of carbonyl (C=O) groups is 2. The molecule has 1 saturated carbocycles. The molecule has 1 aliphatic carbocycles. The summed E-state index contributed by atoms with van der Waals surface area (Å²) in [7, 11) is 0. The lowest BCUT2D eigenvalue weighted by Gasteiger charge is -2.32. The fraction of sp³-hybridized carbons (Fsp3) is 0.281. The number of nitrogens with one attached hydrogen (secondary N) is 3. The third-order valence-electron chi connectivity index (χ3n) is 13.8. The van der Waals surface area contributed by atoms with E-state index in [1.807, 2.05) is 60.7 Å². The molecule has 2 heterocycles. The number of aromatic nitrogens is 1. The number of hydrogen-bond acceptors (Lipinski definition) is 10. The highest BCUT2D eigenvalue weighted by Crippen LogP contribution is 2.50. The maximum Gasteiger partial charge on any atom is 0.347 e. The SMILES string of the molecule is O=NC(C(=O)OCC1CCN(Cc2ccccc2)CC1)(c1ccccc1)c1ccc([C@H]2CC2Cc2ccc(CNC(=O)c3ccc(CNCC(O)c4ccc(O)c5[nH]c(=O)ccc45)cc3)cc2)cc1. The summed E-state index contributed by atoms with van der Waals surface area (Å²) in [5.74, 6) is 0.160. The molecule has 0 radical (unpaired) electrons. The van der Waals surface area contributed by atoms with Gasteiger partial charge in [-0.15, -0.1) is 4.91 Å². The summed E-state index contributed by atoms with van der Waals surface area (Å²) >= 11 is 0. The fourth-order valence-electron chi connectivity index (χ4n) is 9.70. The van der Waals surface area contributed by atoms with Crippen LogP contribution in [0.2, 0.25) is 0 Å². The van der Waals surface area contributed by atoms with Gasteiger partial charge in [-0.3, -0.25) is 14.5 Å². The topological polar surface area (TPSA) is 173 Å². The van der Waals surface area contributed by atoms with Gasteiger partial charge in [-0.2, -0.15) is 0 Å². The Labute approximate surface area is 401 Å². The molecule has 69 heavy (non-hydrogen) atoms. The van der Waals surface area contributed by atoms with Crippen molar-refractivity contribution in [1.82, 2.24) is 20.5 Å². The van der Waals surface area contributed by atoms with Crippen LogP contribution in [0.1, 0.15) is 86.1 Å². The van der Waals surface area contributed by atoms with Crippen molar-refractivity contribution in [3.63, 3.8) is 0 Å². The average molecular weight is 924 g/mol. The molecule has 7 aromatic rings. The van der Waals surface area contributed by atoms with Gasteiger partial charge in [0.1, 0.15) is 5.75 Å². The van der Waals surface area contributed by atoms with Crippen molar-refractivity contribution in [3.8, 4) is 5.75 Å². The number of aliphatic hydroxyl groups excluding tert-OH is 1. The summed E-state index contributed by atoms with van der Waals surface area (Å²) < 4.78 is 5.98. The van der Waals surface area contributed by atoms with Gasteiger partial charge in [-0.05, 0) is 130 Å². The van der Waals surface area contributed by atoms with Crippen molar-refractivity contribution in [2.24, 2.45) is 17.0 Å². The molecule has 4 atom stereocenters. The first kappa shape index (κ1) is 46.8. The van der Waals surface area contributed by atoms with Crippen LogP contribution < -0.4 is 16.2 Å². The number of H-pyrrole nitrogens is 1. The Morgan fingerprint density at radius 2 is 1.41 bits per heavy atom. The number of ether oxygens (including phenoxy) is 1. The molecule has 0 bridgehead atoms. The van der Waals surface area contributed by atoms with E-state index in [1.165, 1.54) is 23.3 Å². The summed E-state index contributed by atoms with van der Waals surface area (Å²) in [4.78, 5) is 56.8. The van der Waals surface area contributed by atoms with E-state index in [2.05, 4.69) is 74.2 Å². The number of benzene rings is 6. The number of aliphatic hydroxyl groups is 1. The zero-order valence-corrected chi connectivity index (χ0v) is 38.4. The molecule has 12 nitrogen and oxygen atoms in total. The highest BCUT2D eigenvalue weighted by atomic mass is 16.5. The van der Waals surface area contributed by atoms with Gasteiger partial charge < -0.3 is 30.6 Å². The smallest absolute Gasteiger partial charge is 0.347 e. The molecule has 9 rings (SSSR count). The maximum atomic E-state index is 14.1. The zero-order valence-electron chi connectivity index (χ0n) is 38.4. The van der Waals surface area contributed by atoms with Crippen molar-refractivity contribution in [2.75, 3.05) is 26.2 Å². The molecule has 1 saturated heterocycles. The number of phenolic OH excluding ortho intramolecular Hbond substituents is 1. The number of amides is 1. The van der Waals surface area contributed by atoms with Gasteiger partial charge in [0.2, 0.25) is 11.1 Å². The molecule has 2 fully saturated rings. The number of aromatic amines is 1. The van der Waals surface area contributed by atoms with Crippen LogP contribution in [0, 0.1) is 16.7 Å². The van der Waals surface area contributed by atoms with Crippen LogP contribution in [0.25, 0.3) is 10.9 Å². The fourth-order valence-corrected chi connectivity index (χ4v) is 9.70. The third kappa shape index (κ3) is 11.1. The summed E-state index contributed by atoms with van der Waals surface area (Å²) in [6.45, 7) is 4.10. The standard InChI is InChI=1S/C57H57N5O7/c63-51-25-23-48(49-24-26-53(65)60-54(49)51)52(64)35-58-33-39-15-17-44(18-16-39)55(66)59-34-40-13-11-38(12-14-40)31-45-32-50(45)43-19-21-47(22-20-43)57(61-68,46-9-5-2-6-10-46)56(67)69-37-42-27-29-62(30-28-42)36-41-7-3-1-4-8-41/h1-26,42,45,50,52,58,63-64H,27-37H2,(H,59,66)(H,60,65)/t45?,50-,52?,57?/m1/s1. The molecule has 2 aliphatic rings. The number of fused-ring (bicyclic) bond motifs is 1. The Bertz CT molecular complexity index is 2920. The highest BCUT2D eigenvalue weighted by molar-refractivity contribution is 5.94. The third-order valence-corrected chi connectivity index (χ3v) is 13.8. The number of hydrogen-bond donors (Lipinski definition) is 5. The Hall–Kier alpha value is -7.25. The molecular formula is C57H57N5O7. The second-order valence-electron chi connectivity index (χ2n) is 18.5. The normalized spacial score (nSPS) is 17.4. The number of esters is 1. The first-order valence-electron chi connectivity index (χ1n) is 23.8. The Balaban J connectivity index is 0.731. The molecule has 1 aromatic heterocycles. The lowest BCUT2D eigenvalue weighted by atomic mass is 9.83. The van der Waals surface area contributed by atoms with Gasteiger partial charge >= 0.3 is 5.97 Å². The van der Waals surface area contributed by atoms with Crippen molar-refractivity contribution in [1.29, 1.82) is 0 Å². The van der Waals surface area contributed by atoms with Crippen LogP contribution in [0.5, 0.6) is 5.75 Å². The first-order valence-corrected chi connectivity index (χ1v) is 23.8. The van der Waals surface area contributed by atoms with Gasteiger partial charge in [-0.1, -0.05) is 127 Å². The highest BCUT2D eigenvalue weighted by Gasteiger charge is 2.47. The Morgan fingerprint density at radius 3 is 2.12 bits per heavy atom. The second kappa shape index (κ2) is 21.4. The number of likely N-dealkylation sites (tertiary alicyclic amines) is 1. The Morgan fingerprint density at radius 1 is 0.754 bits per heavy atom. The molecule has 3 unspecified atom stereocenters. The van der Waals surface area contributed by atoms with Crippen molar-refractivity contribution < 1.29 is 24.5 Å². The minimum Gasteiger partial charge on any atom is -0.506 e. The van der Waals surface area contributed by atoms with Crippen LogP contribution in [0.15, 0.2) is 168 Å².